The third kappa shape index (κ3) is 3.73. The lowest BCUT2D eigenvalue weighted by molar-refractivity contribution is -0.113. The van der Waals surface area contributed by atoms with E-state index in [9.17, 15) is 10.1 Å². The molecular formula is C16H14IN3O. The van der Waals surface area contributed by atoms with Crippen molar-refractivity contribution in [1.29, 1.82) is 5.26 Å². The molecule has 0 radical (unpaired) electrons. The lowest BCUT2D eigenvalue weighted by atomic mass is 10.1. The number of rotatable bonds is 3. The molecule has 2 rings (SSSR count). The number of nitrogens with zero attached hydrogens (tertiary/aromatic N) is 2. The van der Waals surface area contributed by atoms with Gasteiger partial charge in [-0.25, -0.2) is 0 Å². The van der Waals surface area contributed by atoms with Gasteiger partial charge in [0.05, 0.1) is 0 Å². The van der Waals surface area contributed by atoms with Crippen LogP contribution in [-0.2, 0) is 4.79 Å². The van der Waals surface area contributed by atoms with Gasteiger partial charge in [-0.05, 0) is 72.3 Å². The van der Waals surface area contributed by atoms with Crippen LogP contribution in [0.1, 0.15) is 17.0 Å². The molecule has 0 saturated carbocycles. The molecule has 5 heteroatoms. The van der Waals surface area contributed by atoms with Crippen molar-refractivity contribution in [2.24, 2.45) is 0 Å². The monoisotopic (exact) mass is 391 g/mol. The zero-order valence-electron chi connectivity index (χ0n) is 11.7. The second-order valence-electron chi connectivity index (χ2n) is 4.62. The number of hydrogen-bond acceptors (Lipinski definition) is 2. The molecule has 0 unspecified atom stereocenters. The van der Waals surface area contributed by atoms with Crippen LogP contribution in [-0.4, -0.2) is 10.6 Å². The average Bonchev–Trinajstić information content (AvgIpc) is 2.76. The Morgan fingerprint density at radius 3 is 2.52 bits per heavy atom. The maximum Gasteiger partial charge on any atom is 0.280 e. The molecule has 106 valence electrons. The van der Waals surface area contributed by atoms with Crippen molar-refractivity contribution in [3.05, 3.63) is 62.5 Å². The van der Waals surface area contributed by atoms with E-state index in [1.165, 1.54) is 0 Å². The first-order chi connectivity index (χ1) is 10.0. The molecule has 0 spiro atoms. The summed E-state index contributed by atoms with van der Waals surface area (Å²) in [4.78, 5) is 12.2. The van der Waals surface area contributed by atoms with Gasteiger partial charge in [0.2, 0.25) is 0 Å². The van der Waals surface area contributed by atoms with E-state index in [1.807, 2.05) is 56.3 Å². The van der Waals surface area contributed by atoms with Gasteiger partial charge < -0.3 is 0 Å². The summed E-state index contributed by atoms with van der Waals surface area (Å²) in [6.45, 7) is 3.78. The Morgan fingerprint density at radius 1 is 1.29 bits per heavy atom. The lowest BCUT2D eigenvalue weighted by Crippen LogP contribution is -2.25. The molecule has 1 aromatic carbocycles. The number of halogens is 1. The molecule has 4 nitrogen and oxygen atoms in total. The standard InChI is InChI=1S/C16H14IN3O/c1-11-6-7-12(2)20(11)19-16(21)14(10-18)8-13-4-3-5-15(17)9-13/h3-9H,1-2H3,(H,19,21)/b14-8-. The quantitative estimate of drug-likeness (QED) is 0.496. The van der Waals surface area contributed by atoms with Crippen molar-refractivity contribution >= 4 is 34.6 Å². The minimum absolute atomic E-state index is 0.0736. The molecule has 0 bridgehead atoms. The zero-order valence-corrected chi connectivity index (χ0v) is 13.9. The first-order valence-electron chi connectivity index (χ1n) is 6.35. The highest BCUT2D eigenvalue weighted by Crippen LogP contribution is 2.12. The maximum atomic E-state index is 12.2. The number of benzene rings is 1. The van der Waals surface area contributed by atoms with Crippen LogP contribution >= 0.6 is 22.6 Å². The molecule has 21 heavy (non-hydrogen) atoms. The third-order valence-electron chi connectivity index (χ3n) is 3.01. The lowest BCUT2D eigenvalue weighted by Gasteiger charge is -2.10. The van der Waals surface area contributed by atoms with Gasteiger partial charge in [0.25, 0.3) is 5.91 Å². The van der Waals surface area contributed by atoms with Crippen molar-refractivity contribution in [3.63, 3.8) is 0 Å². The summed E-state index contributed by atoms with van der Waals surface area (Å²) in [6, 6.07) is 13.4. The average molecular weight is 391 g/mol. The van der Waals surface area contributed by atoms with Gasteiger partial charge in [0.1, 0.15) is 11.6 Å². The molecule has 1 aromatic heterocycles. The highest BCUT2D eigenvalue weighted by Gasteiger charge is 2.11. The first kappa shape index (κ1) is 15.3. The number of nitriles is 1. The minimum atomic E-state index is -0.418. The highest BCUT2D eigenvalue weighted by molar-refractivity contribution is 14.1. The molecule has 1 N–H and O–H groups in total. The Bertz CT molecular complexity index is 734. The molecule has 0 atom stereocenters. The van der Waals surface area contributed by atoms with Crippen LogP contribution in [0, 0.1) is 28.7 Å². The molecule has 2 aromatic rings. The molecule has 1 amide bonds. The number of carbonyl (C=O) groups excluding carboxylic acids is 1. The molecule has 1 heterocycles. The highest BCUT2D eigenvalue weighted by atomic mass is 127. The van der Waals surface area contributed by atoms with Crippen LogP contribution in [0.5, 0.6) is 0 Å². The Morgan fingerprint density at radius 2 is 1.95 bits per heavy atom. The topological polar surface area (TPSA) is 57.8 Å². The van der Waals surface area contributed by atoms with Crippen molar-refractivity contribution in [3.8, 4) is 6.07 Å². The van der Waals surface area contributed by atoms with E-state index in [1.54, 1.807) is 10.8 Å². The van der Waals surface area contributed by atoms with Crippen molar-refractivity contribution in [2.45, 2.75) is 13.8 Å². The van der Waals surface area contributed by atoms with Crippen LogP contribution in [0.25, 0.3) is 6.08 Å². The van der Waals surface area contributed by atoms with Gasteiger partial charge in [0, 0.05) is 15.0 Å². The predicted molar refractivity (Wildman–Crippen MR) is 91.0 cm³/mol. The Hall–Kier alpha value is -2.07. The second kappa shape index (κ2) is 6.59. The van der Waals surface area contributed by atoms with Crippen LogP contribution in [0.2, 0.25) is 0 Å². The van der Waals surface area contributed by atoms with E-state index in [-0.39, 0.29) is 5.57 Å². The van der Waals surface area contributed by atoms with Crippen molar-refractivity contribution in [1.82, 2.24) is 4.68 Å². The fraction of sp³-hybridized carbons (Fsp3) is 0.125. The Balaban J connectivity index is 2.26. The van der Waals surface area contributed by atoms with E-state index in [0.717, 1.165) is 20.5 Å². The van der Waals surface area contributed by atoms with Gasteiger partial charge >= 0.3 is 0 Å². The first-order valence-corrected chi connectivity index (χ1v) is 7.43. The summed E-state index contributed by atoms with van der Waals surface area (Å²) in [6.07, 6.45) is 1.59. The van der Waals surface area contributed by atoms with Crippen molar-refractivity contribution < 1.29 is 4.79 Å². The number of aryl methyl sites for hydroxylation is 2. The van der Waals surface area contributed by atoms with Crippen LogP contribution in [0.4, 0.5) is 0 Å². The minimum Gasteiger partial charge on any atom is -0.267 e. The molecule has 0 aliphatic rings. The van der Waals surface area contributed by atoms with Crippen LogP contribution in [0.3, 0.4) is 0 Å². The summed E-state index contributed by atoms with van der Waals surface area (Å²) in [5.41, 5.74) is 5.45. The van der Waals surface area contributed by atoms with E-state index < -0.39 is 5.91 Å². The van der Waals surface area contributed by atoms with E-state index >= 15 is 0 Å². The van der Waals surface area contributed by atoms with E-state index in [0.29, 0.717) is 0 Å². The molecule has 0 aliphatic carbocycles. The van der Waals surface area contributed by atoms with Crippen LogP contribution in [0.15, 0.2) is 42.0 Å². The van der Waals surface area contributed by atoms with Gasteiger partial charge in [-0.1, -0.05) is 12.1 Å². The maximum absolute atomic E-state index is 12.2. The second-order valence-corrected chi connectivity index (χ2v) is 5.86. The predicted octanol–water partition coefficient (Wildman–Crippen LogP) is 3.39. The zero-order chi connectivity index (χ0) is 15.4. The third-order valence-corrected chi connectivity index (χ3v) is 3.68. The largest absolute Gasteiger partial charge is 0.280 e. The fourth-order valence-corrected chi connectivity index (χ4v) is 2.49. The summed E-state index contributed by atoms with van der Waals surface area (Å²) >= 11 is 2.19. The number of aromatic nitrogens is 1. The van der Waals surface area contributed by atoms with Gasteiger partial charge in [0.15, 0.2) is 0 Å². The SMILES string of the molecule is Cc1ccc(C)n1NC(=O)/C(C#N)=C\c1cccc(I)c1. The van der Waals surface area contributed by atoms with E-state index in [4.69, 9.17) is 0 Å². The molecular weight excluding hydrogens is 377 g/mol. The Labute approximate surface area is 137 Å². The summed E-state index contributed by atoms with van der Waals surface area (Å²) in [5.74, 6) is -0.418. The number of hydrogen-bond donors (Lipinski definition) is 1. The van der Waals surface area contributed by atoms with Crippen molar-refractivity contribution in [2.75, 3.05) is 5.43 Å². The molecule has 0 aliphatic heterocycles. The number of amides is 1. The smallest absolute Gasteiger partial charge is 0.267 e. The summed E-state index contributed by atoms with van der Waals surface area (Å²) < 4.78 is 2.72. The van der Waals surface area contributed by atoms with E-state index in [2.05, 4.69) is 28.0 Å². The van der Waals surface area contributed by atoms with Gasteiger partial charge in [-0.15, -0.1) is 0 Å². The number of nitrogens with one attached hydrogen (secondary N) is 1. The number of carbonyl (C=O) groups is 1. The molecule has 0 saturated heterocycles. The fourth-order valence-electron chi connectivity index (χ4n) is 1.92. The Kier molecular flexibility index (Phi) is 4.81. The normalized spacial score (nSPS) is 11.0. The molecule has 0 fully saturated rings. The summed E-state index contributed by atoms with van der Waals surface area (Å²) in [7, 11) is 0. The van der Waals surface area contributed by atoms with Crippen LogP contribution < -0.4 is 5.43 Å². The van der Waals surface area contributed by atoms with Gasteiger partial charge in [-0.3, -0.25) is 14.9 Å². The summed E-state index contributed by atoms with van der Waals surface area (Å²) in [5, 5.41) is 9.20. The van der Waals surface area contributed by atoms with Gasteiger partial charge in [-0.2, -0.15) is 5.26 Å².